The molecule has 0 unspecified atom stereocenters. The molecule has 1 N–H and O–H groups in total. The highest BCUT2D eigenvalue weighted by Crippen LogP contribution is 2.50. The highest BCUT2D eigenvalue weighted by atomic mass is 32.1. The third kappa shape index (κ3) is 3.98. The number of anilines is 1. The van der Waals surface area contributed by atoms with Crippen LogP contribution < -0.4 is 10.3 Å². The maximum atomic E-state index is 15.0. The Morgan fingerprint density at radius 1 is 1.35 bits per heavy atom. The Bertz CT molecular complexity index is 1330. The summed E-state index contributed by atoms with van der Waals surface area (Å²) in [5, 5.41) is 11.4. The summed E-state index contributed by atoms with van der Waals surface area (Å²) in [6, 6.07) is 1.02. The van der Waals surface area contributed by atoms with E-state index in [0.29, 0.717) is 37.9 Å². The number of rotatable bonds is 9. The van der Waals surface area contributed by atoms with Gasteiger partial charge in [-0.05, 0) is 25.8 Å². The van der Waals surface area contributed by atoms with Gasteiger partial charge in [-0.2, -0.15) is 0 Å². The number of pyridine rings is 2. The number of halogens is 1. The summed E-state index contributed by atoms with van der Waals surface area (Å²) >= 11 is 1.23. The van der Waals surface area contributed by atoms with Crippen molar-refractivity contribution in [3.63, 3.8) is 0 Å². The number of aromatic carboxylic acids is 1. The Hall–Kier alpha value is -3.18. The van der Waals surface area contributed by atoms with Gasteiger partial charge in [0.05, 0.1) is 17.9 Å². The van der Waals surface area contributed by atoms with E-state index in [2.05, 4.69) is 9.97 Å². The number of ketones is 1. The number of Topliss-reactive ketones (excluding diaryl/α,β-unsaturated/α-hetero) is 1. The van der Waals surface area contributed by atoms with Crippen LogP contribution >= 0.6 is 11.3 Å². The summed E-state index contributed by atoms with van der Waals surface area (Å²) in [6.07, 6.45) is 5.15. The minimum absolute atomic E-state index is 0.0276. The maximum Gasteiger partial charge on any atom is 0.341 e. The van der Waals surface area contributed by atoms with Crippen molar-refractivity contribution < 1.29 is 23.8 Å². The van der Waals surface area contributed by atoms with E-state index in [9.17, 15) is 19.5 Å². The molecule has 0 atom stereocenters. The predicted molar refractivity (Wildman–Crippen MR) is 123 cm³/mol. The Balaban J connectivity index is 1.42. The fourth-order valence-electron chi connectivity index (χ4n) is 4.31. The highest BCUT2D eigenvalue weighted by molar-refractivity contribution is 7.12. The van der Waals surface area contributed by atoms with E-state index in [-0.39, 0.29) is 34.0 Å². The molecule has 0 spiro atoms. The molecule has 0 amide bonds. The van der Waals surface area contributed by atoms with Crippen molar-refractivity contribution in [2.45, 2.75) is 26.2 Å². The lowest BCUT2D eigenvalue weighted by molar-refractivity contribution is -0.125. The molecule has 1 aliphatic carbocycles. The summed E-state index contributed by atoms with van der Waals surface area (Å²) in [5.74, 6) is -2.17. The summed E-state index contributed by atoms with van der Waals surface area (Å²) in [4.78, 5) is 47.3. The molecule has 1 aliphatic heterocycles. The molecule has 34 heavy (non-hydrogen) atoms. The van der Waals surface area contributed by atoms with E-state index in [0.717, 1.165) is 25.1 Å². The first kappa shape index (κ1) is 22.6. The third-order valence-corrected chi connectivity index (χ3v) is 7.29. The summed E-state index contributed by atoms with van der Waals surface area (Å²) in [5.41, 5.74) is -1.22. The Labute approximate surface area is 197 Å². The zero-order valence-electron chi connectivity index (χ0n) is 18.5. The highest BCUT2D eigenvalue weighted by Gasteiger charge is 2.47. The average Bonchev–Trinajstić information content (AvgIpc) is 3.30. The van der Waals surface area contributed by atoms with Crippen LogP contribution in [0, 0.1) is 17.2 Å². The summed E-state index contributed by atoms with van der Waals surface area (Å²) < 4.78 is 21.9. The molecule has 2 aliphatic rings. The maximum absolute atomic E-state index is 15.0. The standard InChI is InChI=1S/C23H23FN4O5S/c1-2-33-12-23(3-4-23)8-17(29)13-9-27(10-13)20-16(24)7-14-18(30)15(21(31)32)11-28(19(14)26-20)22-25-5-6-34-22/h5-7,11,13H,2-4,8-10,12H2,1H3,(H,31,32). The topological polar surface area (TPSA) is 115 Å². The molecule has 9 nitrogen and oxygen atoms in total. The van der Waals surface area contributed by atoms with Crippen molar-refractivity contribution in [3.05, 3.63) is 45.4 Å². The van der Waals surface area contributed by atoms with Gasteiger partial charge >= 0.3 is 5.97 Å². The van der Waals surface area contributed by atoms with E-state index in [1.54, 1.807) is 16.5 Å². The van der Waals surface area contributed by atoms with Crippen LogP contribution in [0.15, 0.2) is 28.6 Å². The molecule has 11 heteroatoms. The predicted octanol–water partition coefficient (Wildman–Crippen LogP) is 2.89. The second-order valence-electron chi connectivity index (χ2n) is 8.91. The quantitative estimate of drug-likeness (QED) is 0.491. The number of thiazole rings is 1. The number of hydrogen-bond acceptors (Lipinski definition) is 8. The molecule has 1 saturated carbocycles. The van der Waals surface area contributed by atoms with E-state index < -0.39 is 22.8 Å². The van der Waals surface area contributed by atoms with Crippen molar-refractivity contribution in [2.24, 2.45) is 11.3 Å². The lowest BCUT2D eigenvalue weighted by Gasteiger charge is -2.40. The Morgan fingerprint density at radius 3 is 2.74 bits per heavy atom. The molecule has 178 valence electrons. The smallest absolute Gasteiger partial charge is 0.341 e. The van der Waals surface area contributed by atoms with Crippen molar-refractivity contribution in [3.8, 4) is 5.13 Å². The SMILES string of the molecule is CCOCC1(CC(=O)C2CN(c3nc4c(cc3F)c(=O)c(C(=O)O)cn4-c3nccs3)C2)CC1. The number of ether oxygens (including phenoxy) is 1. The normalized spacial score (nSPS) is 17.1. The summed E-state index contributed by atoms with van der Waals surface area (Å²) in [7, 11) is 0. The van der Waals surface area contributed by atoms with Crippen LogP contribution in [-0.4, -0.2) is 57.7 Å². The van der Waals surface area contributed by atoms with Gasteiger partial charge in [-0.3, -0.25) is 14.2 Å². The monoisotopic (exact) mass is 486 g/mol. The van der Waals surface area contributed by atoms with Gasteiger partial charge in [0.25, 0.3) is 0 Å². The number of carboxylic acid groups (broad SMARTS) is 1. The molecular weight excluding hydrogens is 463 g/mol. The number of aromatic nitrogens is 3. The van der Waals surface area contributed by atoms with E-state index >= 15 is 4.39 Å². The number of carbonyl (C=O) groups excluding carboxylic acids is 1. The van der Waals surface area contributed by atoms with Gasteiger partial charge in [0.1, 0.15) is 11.3 Å². The van der Waals surface area contributed by atoms with Crippen LogP contribution in [0.4, 0.5) is 10.2 Å². The minimum Gasteiger partial charge on any atom is -0.477 e. The molecule has 1 saturated heterocycles. The lowest BCUT2D eigenvalue weighted by Crippen LogP contribution is -2.51. The number of carboxylic acids is 1. The first-order valence-electron chi connectivity index (χ1n) is 11.1. The van der Waals surface area contributed by atoms with Crippen LogP contribution in [0.2, 0.25) is 0 Å². The van der Waals surface area contributed by atoms with Crippen molar-refractivity contribution in [1.82, 2.24) is 14.5 Å². The Kier molecular flexibility index (Phi) is 5.68. The number of hydrogen-bond donors (Lipinski definition) is 1. The number of carbonyl (C=O) groups is 2. The van der Waals surface area contributed by atoms with Gasteiger partial charge in [-0.1, -0.05) is 0 Å². The van der Waals surface area contributed by atoms with Gasteiger partial charge in [0.15, 0.2) is 22.4 Å². The molecule has 0 bridgehead atoms. The minimum atomic E-state index is -1.41. The lowest BCUT2D eigenvalue weighted by atomic mass is 9.87. The zero-order chi connectivity index (χ0) is 24.0. The van der Waals surface area contributed by atoms with Crippen LogP contribution in [0.3, 0.4) is 0 Å². The van der Waals surface area contributed by atoms with E-state index in [1.807, 2.05) is 6.92 Å². The van der Waals surface area contributed by atoms with E-state index in [1.165, 1.54) is 15.9 Å². The van der Waals surface area contributed by atoms with Crippen molar-refractivity contribution in [1.29, 1.82) is 0 Å². The largest absolute Gasteiger partial charge is 0.477 e. The molecule has 3 aromatic rings. The average molecular weight is 487 g/mol. The molecule has 0 aromatic carbocycles. The first-order chi connectivity index (χ1) is 16.3. The van der Waals surface area contributed by atoms with Gasteiger partial charge in [-0.15, -0.1) is 11.3 Å². The van der Waals surface area contributed by atoms with Gasteiger partial charge in [0, 0.05) is 49.3 Å². The second kappa shape index (κ2) is 8.55. The van der Waals surface area contributed by atoms with Gasteiger partial charge < -0.3 is 14.7 Å². The van der Waals surface area contributed by atoms with Crippen LogP contribution in [0.5, 0.6) is 0 Å². The van der Waals surface area contributed by atoms with Gasteiger partial charge in [0.2, 0.25) is 5.43 Å². The number of fused-ring (bicyclic) bond motifs is 1. The molecule has 0 radical (unpaired) electrons. The van der Waals surface area contributed by atoms with Gasteiger partial charge in [-0.25, -0.2) is 19.2 Å². The molecule has 5 rings (SSSR count). The Morgan fingerprint density at radius 2 is 2.12 bits per heavy atom. The second-order valence-corrected chi connectivity index (χ2v) is 9.78. The molecule has 2 fully saturated rings. The van der Waals surface area contributed by atoms with Crippen molar-refractivity contribution in [2.75, 3.05) is 31.2 Å². The van der Waals surface area contributed by atoms with Crippen LogP contribution in [0.25, 0.3) is 16.2 Å². The fourth-order valence-corrected chi connectivity index (χ4v) is 4.92. The molecule has 3 aromatic heterocycles. The fraction of sp³-hybridized carbons (Fsp3) is 0.435. The molecular formula is C23H23FN4O5S. The zero-order valence-corrected chi connectivity index (χ0v) is 19.3. The van der Waals surface area contributed by atoms with E-state index in [4.69, 9.17) is 4.74 Å². The third-order valence-electron chi connectivity index (χ3n) is 6.52. The summed E-state index contributed by atoms with van der Waals surface area (Å²) in [6.45, 7) is 3.84. The van der Waals surface area contributed by atoms with Crippen LogP contribution in [-0.2, 0) is 9.53 Å². The first-order valence-corrected chi connectivity index (χ1v) is 11.9. The molecule has 4 heterocycles. The van der Waals surface area contributed by atoms with Crippen LogP contribution in [0.1, 0.15) is 36.5 Å². The van der Waals surface area contributed by atoms with Crippen molar-refractivity contribution >= 4 is 39.9 Å². The number of nitrogens with zero attached hydrogens (tertiary/aromatic N) is 4.